The van der Waals surface area contributed by atoms with Crippen molar-refractivity contribution in [3.05, 3.63) is 84.2 Å². The number of carbonyl (C=O) groups is 1. The van der Waals surface area contributed by atoms with Crippen LogP contribution in [0.3, 0.4) is 0 Å². The number of rotatable bonds is 3. The molecule has 5 nitrogen and oxygen atoms in total. The van der Waals surface area contributed by atoms with Crippen LogP contribution in [-0.2, 0) is 0 Å². The first-order valence-electron chi connectivity index (χ1n) is 8.01. The molecule has 0 aliphatic heterocycles. The predicted molar refractivity (Wildman–Crippen MR) is 98.0 cm³/mol. The lowest BCUT2D eigenvalue weighted by atomic mass is 10.1. The van der Waals surface area contributed by atoms with Gasteiger partial charge in [-0.3, -0.25) is 4.79 Å². The lowest BCUT2D eigenvalue weighted by molar-refractivity contribution is 0.102. The van der Waals surface area contributed by atoms with Crippen LogP contribution in [0, 0.1) is 6.92 Å². The Morgan fingerprint density at radius 2 is 1.64 bits per heavy atom. The van der Waals surface area contributed by atoms with Crippen molar-refractivity contribution in [2.24, 2.45) is 0 Å². The number of benzene rings is 3. The number of fused-ring (bicyclic) bond motifs is 1. The number of para-hydroxylation sites is 1. The minimum absolute atomic E-state index is 0.268. The van der Waals surface area contributed by atoms with Crippen molar-refractivity contribution < 1.29 is 4.79 Å². The van der Waals surface area contributed by atoms with Gasteiger partial charge in [0.05, 0.1) is 11.4 Å². The highest BCUT2D eigenvalue weighted by molar-refractivity contribution is 6.03. The van der Waals surface area contributed by atoms with Gasteiger partial charge >= 0.3 is 0 Å². The van der Waals surface area contributed by atoms with Gasteiger partial charge in [-0.2, -0.15) is 0 Å². The Kier molecular flexibility index (Phi) is 3.74. The van der Waals surface area contributed by atoms with Crippen molar-refractivity contribution in [3.63, 3.8) is 0 Å². The van der Waals surface area contributed by atoms with Gasteiger partial charge in [0.25, 0.3) is 5.91 Å². The third-order valence-corrected chi connectivity index (χ3v) is 4.14. The zero-order valence-corrected chi connectivity index (χ0v) is 13.7. The topological polar surface area (TPSA) is 59.8 Å². The Morgan fingerprint density at radius 1 is 0.920 bits per heavy atom. The van der Waals surface area contributed by atoms with Crippen molar-refractivity contribution in [2.75, 3.05) is 5.32 Å². The summed E-state index contributed by atoms with van der Waals surface area (Å²) in [7, 11) is 0. The van der Waals surface area contributed by atoms with Gasteiger partial charge in [0.15, 0.2) is 5.69 Å². The molecule has 0 bridgehead atoms. The van der Waals surface area contributed by atoms with Crippen LogP contribution in [0.1, 0.15) is 16.2 Å². The molecule has 0 spiro atoms. The van der Waals surface area contributed by atoms with Crippen molar-refractivity contribution in [3.8, 4) is 5.69 Å². The first-order valence-corrected chi connectivity index (χ1v) is 8.01. The SMILES string of the molecule is Cc1c(C(=O)Nc2ccccc2)nnn1-c1cccc2ccccc12. The van der Waals surface area contributed by atoms with E-state index in [1.54, 1.807) is 4.68 Å². The summed E-state index contributed by atoms with van der Waals surface area (Å²) in [5.74, 6) is -0.268. The highest BCUT2D eigenvalue weighted by Crippen LogP contribution is 2.23. The smallest absolute Gasteiger partial charge is 0.278 e. The van der Waals surface area contributed by atoms with Crippen molar-refractivity contribution in [2.45, 2.75) is 6.92 Å². The third kappa shape index (κ3) is 2.76. The van der Waals surface area contributed by atoms with Gasteiger partial charge in [-0.15, -0.1) is 5.10 Å². The van der Waals surface area contributed by atoms with Crippen LogP contribution in [0.4, 0.5) is 5.69 Å². The summed E-state index contributed by atoms with van der Waals surface area (Å²) in [6.07, 6.45) is 0. The lowest BCUT2D eigenvalue weighted by Gasteiger charge is -2.08. The van der Waals surface area contributed by atoms with E-state index in [4.69, 9.17) is 0 Å². The van der Waals surface area contributed by atoms with Gasteiger partial charge in [-0.25, -0.2) is 4.68 Å². The summed E-state index contributed by atoms with van der Waals surface area (Å²) < 4.78 is 1.71. The Morgan fingerprint density at radius 3 is 2.48 bits per heavy atom. The molecule has 1 aromatic heterocycles. The van der Waals surface area contributed by atoms with Crippen LogP contribution in [-0.4, -0.2) is 20.9 Å². The molecule has 1 N–H and O–H groups in total. The second kappa shape index (κ2) is 6.20. The number of aromatic nitrogens is 3. The molecule has 1 amide bonds. The molecule has 0 saturated carbocycles. The second-order valence-corrected chi connectivity index (χ2v) is 5.75. The van der Waals surface area contributed by atoms with E-state index in [0.29, 0.717) is 11.4 Å². The van der Waals surface area contributed by atoms with Gasteiger partial charge in [0, 0.05) is 11.1 Å². The van der Waals surface area contributed by atoms with Gasteiger partial charge in [-0.1, -0.05) is 59.8 Å². The standard InChI is InChI=1S/C20H16N4O/c1-14-19(20(25)21-16-10-3-2-4-11-16)22-23-24(14)18-13-7-9-15-8-5-6-12-17(15)18/h2-13H,1H3,(H,21,25). The molecule has 5 heteroatoms. The molecule has 4 rings (SSSR count). The van der Waals surface area contributed by atoms with Gasteiger partial charge in [-0.05, 0) is 30.5 Å². The molecule has 122 valence electrons. The van der Waals surface area contributed by atoms with Crippen molar-refractivity contribution in [1.29, 1.82) is 0 Å². The molecule has 4 aromatic rings. The largest absolute Gasteiger partial charge is 0.321 e. The molecule has 1 heterocycles. The summed E-state index contributed by atoms with van der Waals surface area (Å²) in [5, 5.41) is 13.3. The van der Waals surface area contributed by atoms with Crippen LogP contribution in [0.5, 0.6) is 0 Å². The fourth-order valence-electron chi connectivity index (χ4n) is 2.87. The average molecular weight is 328 g/mol. The van der Waals surface area contributed by atoms with Crippen LogP contribution in [0.25, 0.3) is 16.5 Å². The molecule has 0 fully saturated rings. The summed E-state index contributed by atoms with van der Waals surface area (Å²) in [5.41, 5.74) is 2.65. The molecule has 0 atom stereocenters. The van der Waals surface area contributed by atoms with E-state index >= 15 is 0 Å². The Labute approximate surface area is 144 Å². The monoisotopic (exact) mass is 328 g/mol. The van der Waals surface area contributed by atoms with Crippen molar-refractivity contribution >= 4 is 22.4 Å². The highest BCUT2D eigenvalue weighted by Gasteiger charge is 2.18. The predicted octanol–water partition coefficient (Wildman–Crippen LogP) is 3.98. The molecule has 0 saturated heterocycles. The normalized spacial score (nSPS) is 10.8. The zero-order chi connectivity index (χ0) is 17.2. The van der Waals surface area contributed by atoms with E-state index in [1.165, 1.54) is 0 Å². The zero-order valence-electron chi connectivity index (χ0n) is 13.7. The number of amides is 1. The fraction of sp³-hybridized carbons (Fsp3) is 0.0500. The summed E-state index contributed by atoms with van der Waals surface area (Å²) in [6.45, 7) is 1.85. The Balaban J connectivity index is 1.73. The fourth-order valence-corrected chi connectivity index (χ4v) is 2.87. The maximum absolute atomic E-state index is 12.5. The molecule has 0 aliphatic carbocycles. The molecule has 25 heavy (non-hydrogen) atoms. The number of carbonyl (C=O) groups excluding carboxylic acids is 1. The highest BCUT2D eigenvalue weighted by atomic mass is 16.2. The van der Waals surface area contributed by atoms with E-state index in [0.717, 1.165) is 22.1 Å². The Bertz CT molecular complexity index is 1050. The number of hydrogen-bond donors (Lipinski definition) is 1. The molecule has 0 radical (unpaired) electrons. The maximum Gasteiger partial charge on any atom is 0.278 e. The lowest BCUT2D eigenvalue weighted by Crippen LogP contribution is -2.14. The minimum atomic E-state index is -0.268. The molecule has 3 aromatic carbocycles. The minimum Gasteiger partial charge on any atom is -0.321 e. The molecule has 0 aliphatic rings. The molecular formula is C20H16N4O. The van der Waals surface area contributed by atoms with Crippen LogP contribution < -0.4 is 5.32 Å². The third-order valence-electron chi connectivity index (χ3n) is 4.14. The average Bonchev–Trinajstić information content (AvgIpc) is 3.03. The molecule has 0 unspecified atom stereocenters. The van der Waals surface area contributed by atoms with E-state index < -0.39 is 0 Å². The van der Waals surface area contributed by atoms with Crippen LogP contribution in [0.2, 0.25) is 0 Å². The van der Waals surface area contributed by atoms with Crippen molar-refractivity contribution in [1.82, 2.24) is 15.0 Å². The number of hydrogen-bond acceptors (Lipinski definition) is 3. The first-order chi connectivity index (χ1) is 12.2. The van der Waals surface area contributed by atoms with Crippen LogP contribution >= 0.6 is 0 Å². The quantitative estimate of drug-likeness (QED) is 0.619. The van der Waals surface area contributed by atoms with Crippen LogP contribution in [0.15, 0.2) is 72.8 Å². The Hall–Kier alpha value is -3.47. The molecular weight excluding hydrogens is 312 g/mol. The summed E-state index contributed by atoms with van der Waals surface area (Å²) >= 11 is 0. The van der Waals surface area contributed by atoms with E-state index in [9.17, 15) is 4.79 Å². The van der Waals surface area contributed by atoms with Gasteiger partial charge < -0.3 is 5.32 Å². The number of anilines is 1. The van der Waals surface area contributed by atoms with Gasteiger partial charge in [0.2, 0.25) is 0 Å². The summed E-state index contributed by atoms with van der Waals surface area (Å²) in [6, 6.07) is 23.4. The van der Waals surface area contributed by atoms with E-state index in [2.05, 4.69) is 15.6 Å². The maximum atomic E-state index is 12.5. The summed E-state index contributed by atoms with van der Waals surface area (Å²) in [4.78, 5) is 12.5. The van der Waals surface area contributed by atoms with E-state index in [-0.39, 0.29) is 5.91 Å². The first kappa shape index (κ1) is 15.1. The number of nitrogens with one attached hydrogen (secondary N) is 1. The van der Waals surface area contributed by atoms with Gasteiger partial charge in [0.1, 0.15) is 0 Å². The second-order valence-electron chi connectivity index (χ2n) is 5.75. The van der Waals surface area contributed by atoms with E-state index in [1.807, 2.05) is 79.7 Å². The number of nitrogens with zero attached hydrogens (tertiary/aromatic N) is 3.